The third-order valence-corrected chi connectivity index (χ3v) is 11.0. The van der Waals surface area contributed by atoms with Gasteiger partial charge in [0, 0.05) is 55.6 Å². The largest absolute Gasteiger partial charge is 0.508 e. The summed E-state index contributed by atoms with van der Waals surface area (Å²) >= 11 is 0. The van der Waals surface area contributed by atoms with Crippen molar-refractivity contribution < 1.29 is 33.8 Å². The van der Waals surface area contributed by atoms with E-state index in [2.05, 4.69) is 54.3 Å². The van der Waals surface area contributed by atoms with E-state index in [0.29, 0.717) is 62.2 Å². The Morgan fingerprint density at radius 1 is 1.19 bits per heavy atom. The molecule has 2 aromatic heterocycles. The first kappa shape index (κ1) is 41.4. The minimum absolute atomic E-state index is 0.0174. The van der Waals surface area contributed by atoms with Gasteiger partial charge in [-0.2, -0.15) is 0 Å². The van der Waals surface area contributed by atoms with Gasteiger partial charge in [-0.3, -0.25) is 29.2 Å². The summed E-state index contributed by atoms with van der Waals surface area (Å²) in [5.74, 6) is -1.66. The number of methoxy groups -OCH3 is 1. The number of pyridine rings is 1. The fourth-order valence-corrected chi connectivity index (χ4v) is 8.33. The lowest BCUT2D eigenvalue weighted by atomic mass is 9.84. The smallest absolute Gasteiger partial charge is 0.324 e. The summed E-state index contributed by atoms with van der Waals surface area (Å²) in [4.78, 5) is 59.8. The van der Waals surface area contributed by atoms with Crippen LogP contribution in [-0.4, -0.2) is 101 Å². The van der Waals surface area contributed by atoms with Crippen molar-refractivity contribution in [1.29, 1.82) is 0 Å². The molecule has 1 saturated heterocycles. The molecule has 4 aromatic rings. The number of carbonyl (C=O) groups excluding carboxylic acids is 4. The zero-order chi connectivity index (χ0) is 41.0. The number of rotatable bonds is 10. The molecule has 2 aliphatic rings. The maximum atomic E-state index is 14.3. The molecule has 3 N–H and O–H groups in total. The standard InChI is InChI=1S/C44H56N6O7/c1-8-49-38-24-45-36-22-33(38)34(40(49)32-13-10-9-12-29(32)15-17-56-7)23-44(4,5)25-57-43(55)35-14-11-16-50(47-35)42(54)37(20-28-18-30(36)21-31(52)19-28)46-41(53)39(27(2)3)48(6)26-51/h9-10,12-13,18-19,21-22,24,26-27,35,37,39,47,52H,8,11,14-17,20,23,25H2,1-7H3,(H,46,53)/t35-,37-,39?/m0/s1. The lowest BCUT2D eigenvalue weighted by Gasteiger charge is -2.36. The number of esters is 1. The number of phenolic OH excluding ortho intramolecular Hbond substituents is 1. The SMILES string of the molecule is CCn1c(-c2ccccc2CCOC)c2c3cc(ncc31)-c1cc(O)cc(c1)C[C@H](NC(=O)C(C(C)C)N(C)C=O)C(=O)N1CCC[C@H](N1)C(=O)OCC(C)(C)C2. The highest BCUT2D eigenvalue weighted by Crippen LogP contribution is 2.41. The summed E-state index contributed by atoms with van der Waals surface area (Å²) in [6.45, 7) is 11.6. The van der Waals surface area contributed by atoms with E-state index >= 15 is 0 Å². The second kappa shape index (κ2) is 17.5. The van der Waals surface area contributed by atoms with Crippen molar-refractivity contribution in [3.63, 3.8) is 0 Å². The molecule has 0 aliphatic carbocycles. The summed E-state index contributed by atoms with van der Waals surface area (Å²) in [7, 11) is 3.23. The summed E-state index contributed by atoms with van der Waals surface area (Å²) in [6.07, 6.45) is 4.80. The first-order valence-corrected chi connectivity index (χ1v) is 19.9. The Hall–Kier alpha value is -5.27. The third kappa shape index (κ3) is 8.99. The van der Waals surface area contributed by atoms with Crippen LogP contribution in [-0.2, 0) is 54.5 Å². The molecule has 0 spiro atoms. The second-order valence-electron chi connectivity index (χ2n) is 16.4. The van der Waals surface area contributed by atoms with Gasteiger partial charge in [0.15, 0.2) is 0 Å². The fraction of sp³-hybridized carbons (Fsp3) is 0.477. The average molecular weight is 781 g/mol. The van der Waals surface area contributed by atoms with E-state index < -0.39 is 41.3 Å². The molecule has 1 fully saturated rings. The van der Waals surface area contributed by atoms with Gasteiger partial charge in [-0.25, -0.2) is 5.43 Å². The first-order valence-electron chi connectivity index (χ1n) is 19.9. The van der Waals surface area contributed by atoms with E-state index in [-0.39, 0.29) is 24.7 Å². The Morgan fingerprint density at radius 3 is 2.68 bits per heavy atom. The van der Waals surface area contributed by atoms with Crippen molar-refractivity contribution in [3.05, 3.63) is 71.4 Å². The van der Waals surface area contributed by atoms with Crippen LogP contribution in [0.4, 0.5) is 0 Å². The minimum atomic E-state index is -1.10. The number of aryl methyl sites for hydroxylation is 1. The van der Waals surface area contributed by atoms with Gasteiger partial charge in [-0.1, -0.05) is 52.0 Å². The number of aromatic hydroxyl groups is 1. The van der Waals surface area contributed by atoms with Gasteiger partial charge in [-0.15, -0.1) is 0 Å². The van der Waals surface area contributed by atoms with E-state index in [1.807, 2.05) is 38.2 Å². The van der Waals surface area contributed by atoms with Crippen LogP contribution in [0.3, 0.4) is 0 Å². The maximum Gasteiger partial charge on any atom is 0.324 e. The normalized spacial score (nSPS) is 19.2. The fourth-order valence-electron chi connectivity index (χ4n) is 8.33. The highest BCUT2D eigenvalue weighted by Gasteiger charge is 2.37. The summed E-state index contributed by atoms with van der Waals surface area (Å²) in [6, 6.07) is 12.8. The van der Waals surface area contributed by atoms with Gasteiger partial charge in [0.1, 0.15) is 23.9 Å². The van der Waals surface area contributed by atoms with Gasteiger partial charge < -0.3 is 29.4 Å². The molecule has 57 heavy (non-hydrogen) atoms. The van der Waals surface area contributed by atoms with Crippen LogP contribution in [0, 0.1) is 11.3 Å². The molecule has 6 bridgehead atoms. The summed E-state index contributed by atoms with van der Waals surface area (Å²) < 4.78 is 13.8. The van der Waals surface area contributed by atoms with Crippen LogP contribution in [0.5, 0.6) is 5.75 Å². The zero-order valence-corrected chi connectivity index (χ0v) is 34.1. The molecule has 0 saturated carbocycles. The Bertz CT molecular complexity index is 2130. The minimum Gasteiger partial charge on any atom is -0.508 e. The number of ether oxygens (including phenoxy) is 2. The molecule has 1 unspecified atom stereocenters. The van der Waals surface area contributed by atoms with Crippen molar-refractivity contribution in [2.45, 2.75) is 91.4 Å². The van der Waals surface area contributed by atoms with Crippen molar-refractivity contribution >= 4 is 35.1 Å². The predicted molar refractivity (Wildman–Crippen MR) is 218 cm³/mol. The molecule has 13 heteroatoms. The molecule has 3 atom stereocenters. The lowest BCUT2D eigenvalue weighted by Crippen LogP contribution is -2.61. The van der Waals surface area contributed by atoms with E-state index in [4.69, 9.17) is 14.5 Å². The molecule has 3 amide bonds. The monoisotopic (exact) mass is 780 g/mol. The number of nitrogens with one attached hydrogen (secondary N) is 2. The number of carbonyl (C=O) groups is 4. The van der Waals surface area contributed by atoms with Crippen LogP contribution >= 0.6 is 0 Å². The number of benzene rings is 2. The number of phenols is 1. The number of amides is 3. The zero-order valence-electron chi connectivity index (χ0n) is 34.1. The van der Waals surface area contributed by atoms with Crippen molar-refractivity contribution in [2.24, 2.45) is 11.3 Å². The van der Waals surface area contributed by atoms with E-state index in [1.54, 1.807) is 19.2 Å². The Labute approximate surface area is 334 Å². The molecule has 6 rings (SSSR count). The molecule has 4 heterocycles. The van der Waals surface area contributed by atoms with Gasteiger partial charge in [0.25, 0.3) is 5.91 Å². The van der Waals surface area contributed by atoms with Crippen LogP contribution in [0.1, 0.15) is 64.2 Å². The molecule has 0 radical (unpaired) electrons. The Morgan fingerprint density at radius 2 is 1.96 bits per heavy atom. The maximum absolute atomic E-state index is 14.3. The predicted octanol–water partition coefficient (Wildman–Crippen LogP) is 5.05. The van der Waals surface area contributed by atoms with Crippen molar-refractivity contribution in [2.75, 3.05) is 33.9 Å². The molecule has 2 aliphatic heterocycles. The number of nitrogens with zero attached hydrogens (tertiary/aromatic N) is 4. The van der Waals surface area contributed by atoms with Crippen LogP contribution in [0.2, 0.25) is 0 Å². The highest BCUT2D eigenvalue weighted by atomic mass is 16.5. The number of hydrogen-bond acceptors (Lipinski definition) is 9. The lowest BCUT2D eigenvalue weighted by molar-refractivity contribution is -0.155. The Balaban J connectivity index is 1.52. The third-order valence-electron chi connectivity index (χ3n) is 11.0. The Kier molecular flexibility index (Phi) is 12.7. The number of likely N-dealkylation sites (N-methyl/N-ethyl adjacent to an activating group) is 1. The summed E-state index contributed by atoms with van der Waals surface area (Å²) in [5.41, 5.74) is 9.83. The molecular formula is C44H56N6O7. The number of hydrogen-bond donors (Lipinski definition) is 3. The van der Waals surface area contributed by atoms with Crippen molar-refractivity contribution in [1.82, 2.24) is 30.2 Å². The van der Waals surface area contributed by atoms with E-state index in [9.17, 15) is 24.3 Å². The average Bonchev–Trinajstić information content (AvgIpc) is 3.49. The number of cyclic esters (lactones) is 1. The highest BCUT2D eigenvalue weighted by molar-refractivity contribution is 5.95. The van der Waals surface area contributed by atoms with Gasteiger partial charge >= 0.3 is 5.97 Å². The van der Waals surface area contributed by atoms with Crippen LogP contribution in [0.25, 0.3) is 33.4 Å². The van der Waals surface area contributed by atoms with Gasteiger partial charge in [0.2, 0.25) is 12.3 Å². The molecule has 2 aromatic carbocycles. The van der Waals surface area contributed by atoms with Gasteiger partial charge in [0.05, 0.1) is 36.3 Å². The van der Waals surface area contributed by atoms with Gasteiger partial charge in [-0.05, 0) is 79.5 Å². The van der Waals surface area contributed by atoms with E-state index in [0.717, 1.165) is 39.7 Å². The number of hydrazine groups is 1. The van der Waals surface area contributed by atoms with E-state index in [1.165, 1.54) is 17.0 Å². The quantitative estimate of drug-likeness (QED) is 0.148. The molecular weight excluding hydrogens is 725 g/mol. The molecule has 13 nitrogen and oxygen atoms in total. The van der Waals surface area contributed by atoms with Crippen LogP contribution in [0.15, 0.2) is 54.7 Å². The topological polar surface area (TPSA) is 155 Å². The van der Waals surface area contributed by atoms with Crippen molar-refractivity contribution in [3.8, 4) is 28.3 Å². The first-order chi connectivity index (χ1) is 27.2. The number of aromatic nitrogens is 2. The second-order valence-corrected chi connectivity index (χ2v) is 16.4. The summed E-state index contributed by atoms with van der Waals surface area (Å²) in [5, 5.41) is 16.4. The molecule has 304 valence electrons. The number of fused-ring (bicyclic) bond motifs is 6. The van der Waals surface area contributed by atoms with Crippen LogP contribution < -0.4 is 10.7 Å².